The number of likely N-dealkylation sites (N-methyl/N-ethyl adjacent to an activating group) is 1. The zero-order chi connectivity index (χ0) is 17.6. The Morgan fingerprint density at radius 3 is 2.33 bits per heavy atom. The molecule has 8 nitrogen and oxygen atoms in total. The summed E-state index contributed by atoms with van der Waals surface area (Å²) in [5, 5.41) is 5.85. The summed E-state index contributed by atoms with van der Waals surface area (Å²) in [4.78, 5) is 37.5. The van der Waals surface area contributed by atoms with Crippen LogP contribution < -0.4 is 10.3 Å². The Hall–Kier alpha value is -2.87. The second kappa shape index (κ2) is 5.34. The third kappa shape index (κ3) is 1.74. The Labute approximate surface area is 138 Å². The lowest BCUT2D eigenvalue weighted by atomic mass is 9.83. The number of benzene rings is 1. The summed E-state index contributed by atoms with van der Waals surface area (Å²) in [6.45, 7) is 0. The van der Waals surface area contributed by atoms with Gasteiger partial charge in [0.1, 0.15) is 11.3 Å². The Balaban J connectivity index is 2.36. The minimum absolute atomic E-state index is 0.0823. The van der Waals surface area contributed by atoms with E-state index >= 15 is 0 Å². The van der Waals surface area contributed by atoms with Gasteiger partial charge in [-0.1, -0.05) is 18.2 Å². The van der Waals surface area contributed by atoms with E-state index in [0.717, 1.165) is 5.69 Å². The van der Waals surface area contributed by atoms with Crippen LogP contribution in [0, 0.1) is 0 Å². The van der Waals surface area contributed by atoms with E-state index in [9.17, 15) is 14.4 Å². The van der Waals surface area contributed by atoms with Gasteiger partial charge in [0, 0.05) is 19.7 Å². The first-order valence-electron chi connectivity index (χ1n) is 7.21. The fourth-order valence-corrected chi connectivity index (χ4v) is 3.36. The standard InChI is InChI=1S/C16H17N3O5/c1-18-10-8-6-5-7-9(10)16(19(18)2)11(13(20)23-3)12(14(21)24-4)17-15(16)22/h5-8H,1-4H3,(H,17,22). The summed E-state index contributed by atoms with van der Waals surface area (Å²) in [5.41, 5.74) is -0.427. The van der Waals surface area contributed by atoms with Crippen LogP contribution in [0.1, 0.15) is 5.56 Å². The summed E-state index contributed by atoms with van der Waals surface area (Å²) in [5.74, 6) is -2.09. The molecule has 2 aliphatic heterocycles. The average Bonchev–Trinajstić information content (AvgIpc) is 3.03. The molecule has 0 bridgehead atoms. The lowest BCUT2D eigenvalue weighted by Gasteiger charge is -2.34. The van der Waals surface area contributed by atoms with Crippen molar-refractivity contribution in [3.8, 4) is 0 Å². The molecule has 1 aromatic carbocycles. The van der Waals surface area contributed by atoms with Crippen molar-refractivity contribution >= 4 is 23.5 Å². The van der Waals surface area contributed by atoms with Gasteiger partial charge in [-0.3, -0.25) is 4.79 Å². The number of hydrogen-bond donors (Lipinski definition) is 1. The van der Waals surface area contributed by atoms with Crippen molar-refractivity contribution in [2.45, 2.75) is 5.54 Å². The highest BCUT2D eigenvalue weighted by Crippen LogP contribution is 2.50. The molecule has 3 rings (SSSR count). The van der Waals surface area contributed by atoms with Crippen molar-refractivity contribution in [2.75, 3.05) is 33.3 Å². The third-order valence-corrected chi connectivity index (χ3v) is 4.54. The lowest BCUT2D eigenvalue weighted by molar-refractivity contribution is -0.141. The Morgan fingerprint density at radius 1 is 1.08 bits per heavy atom. The fourth-order valence-electron chi connectivity index (χ4n) is 3.36. The first-order valence-corrected chi connectivity index (χ1v) is 7.21. The minimum atomic E-state index is -1.48. The molecule has 24 heavy (non-hydrogen) atoms. The van der Waals surface area contributed by atoms with E-state index in [2.05, 4.69) is 5.32 Å². The van der Waals surface area contributed by atoms with E-state index in [1.807, 2.05) is 12.1 Å². The van der Waals surface area contributed by atoms with Gasteiger partial charge in [0.15, 0.2) is 5.54 Å². The van der Waals surface area contributed by atoms with E-state index in [1.54, 1.807) is 36.2 Å². The second-order valence-electron chi connectivity index (χ2n) is 5.46. The van der Waals surface area contributed by atoms with Gasteiger partial charge in [0.05, 0.1) is 19.9 Å². The molecule has 2 aliphatic rings. The molecule has 1 atom stereocenters. The number of anilines is 1. The first kappa shape index (κ1) is 16.0. The number of esters is 2. The highest BCUT2D eigenvalue weighted by Gasteiger charge is 2.62. The maximum atomic E-state index is 12.9. The highest BCUT2D eigenvalue weighted by atomic mass is 16.5. The molecular formula is C16H17N3O5. The fraction of sp³-hybridized carbons (Fsp3) is 0.312. The van der Waals surface area contributed by atoms with Crippen LogP contribution >= 0.6 is 0 Å². The van der Waals surface area contributed by atoms with Gasteiger partial charge < -0.3 is 19.8 Å². The number of para-hydroxylation sites is 1. The predicted octanol–water partition coefficient (Wildman–Crippen LogP) is -0.0916. The number of carbonyl (C=O) groups excluding carboxylic acids is 3. The van der Waals surface area contributed by atoms with Crippen LogP contribution in [0.25, 0.3) is 0 Å². The predicted molar refractivity (Wildman–Crippen MR) is 83.5 cm³/mol. The van der Waals surface area contributed by atoms with Gasteiger partial charge in [-0.05, 0) is 6.07 Å². The molecule has 8 heteroatoms. The van der Waals surface area contributed by atoms with Gasteiger partial charge in [-0.25, -0.2) is 9.59 Å². The zero-order valence-corrected chi connectivity index (χ0v) is 13.7. The molecule has 2 heterocycles. The Morgan fingerprint density at radius 2 is 1.71 bits per heavy atom. The van der Waals surface area contributed by atoms with Crippen molar-refractivity contribution in [1.82, 2.24) is 10.3 Å². The van der Waals surface area contributed by atoms with Crippen LogP contribution in [0.5, 0.6) is 0 Å². The third-order valence-electron chi connectivity index (χ3n) is 4.54. The highest BCUT2D eigenvalue weighted by molar-refractivity contribution is 6.16. The smallest absolute Gasteiger partial charge is 0.355 e. The molecule has 1 aromatic rings. The molecule has 0 saturated carbocycles. The van der Waals surface area contributed by atoms with Crippen molar-refractivity contribution in [2.24, 2.45) is 0 Å². The van der Waals surface area contributed by atoms with Crippen LogP contribution in [-0.2, 0) is 29.4 Å². The van der Waals surface area contributed by atoms with Crippen molar-refractivity contribution < 1.29 is 23.9 Å². The lowest BCUT2D eigenvalue weighted by Crippen LogP contribution is -2.53. The zero-order valence-electron chi connectivity index (χ0n) is 13.7. The van der Waals surface area contributed by atoms with Crippen molar-refractivity contribution in [3.05, 3.63) is 41.1 Å². The average molecular weight is 331 g/mol. The summed E-state index contributed by atoms with van der Waals surface area (Å²) in [6, 6.07) is 7.18. The number of hydrogen-bond acceptors (Lipinski definition) is 7. The van der Waals surface area contributed by atoms with Gasteiger partial charge in [0.2, 0.25) is 0 Å². The number of nitrogens with zero attached hydrogens (tertiary/aromatic N) is 2. The molecule has 1 N–H and O–H groups in total. The number of amides is 1. The maximum absolute atomic E-state index is 12.9. The molecule has 1 spiro atoms. The van der Waals surface area contributed by atoms with Gasteiger partial charge in [-0.15, -0.1) is 0 Å². The molecule has 1 amide bonds. The first-order chi connectivity index (χ1) is 11.4. The van der Waals surface area contributed by atoms with Crippen molar-refractivity contribution in [3.63, 3.8) is 0 Å². The van der Waals surface area contributed by atoms with E-state index in [1.165, 1.54) is 14.2 Å². The SMILES string of the molecule is COC(=O)C1=C(C(=O)OC)C2(C(=O)N1)c1ccccc1N(C)N2C. The van der Waals surface area contributed by atoms with E-state index < -0.39 is 23.4 Å². The summed E-state index contributed by atoms with van der Waals surface area (Å²) < 4.78 is 9.56. The number of methoxy groups -OCH3 is 2. The Bertz CT molecular complexity index is 788. The molecule has 1 unspecified atom stereocenters. The van der Waals surface area contributed by atoms with Gasteiger partial charge >= 0.3 is 11.9 Å². The minimum Gasteiger partial charge on any atom is -0.466 e. The largest absolute Gasteiger partial charge is 0.466 e. The maximum Gasteiger partial charge on any atom is 0.355 e. The number of rotatable bonds is 2. The molecule has 0 saturated heterocycles. The topological polar surface area (TPSA) is 88.2 Å². The molecule has 126 valence electrons. The van der Waals surface area contributed by atoms with Crippen LogP contribution in [0.2, 0.25) is 0 Å². The van der Waals surface area contributed by atoms with Gasteiger partial charge in [0.25, 0.3) is 5.91 Å². The van der Waals surface area contributed by atoms with Crippen LogP contribution in [0.3, 0.4) is 0 Å². The molecular weight excluding hydrogens is 314 g/mol. The molecule has 0 aliphatic carbocycles. The normalized spacial score (nSPS) is 22.7. The van der Waals surface area contributed by atoms with Crippen LogP contribution in [0.4, 0.5) is 5.69 Å². The number of fused-ring (bicyclic) bond motifs is 2. The molecule has 0 radical (unpaired) electrons. The second-order valence-corrected chi connectivity index (χ2v) is 5.46. The number of nitrogens with one attached hydrogen (secondary N) is 1. The van der Waals surface area contributed by atoms with Crippen LogP contribution in [-0.4, -0.2) is 51.2 Å². The van der Waals surface area contributed by atoms with E-state index in [4.69, 9.17) is 9.47 Å². The molecule has 0 fully saturated rings. The van der Waals surface area contributed by atoms with E-state index in [0.29, 0.717) is 5.56 Å². The summed E-state index contributed by atoms with van der Waals surface area (Å²) in [7, 11) is 5.82. The van der Waals surface area contributed by atoms with E-state index in [-0.39, 0.29) is 11.3 Å². The summed E-state index contributed by atoms with van der Waals surface area (Å²) in [6.07, 6.45) is 0. The quantitative estimate of drug-likeness (QED) is 0.758. The number of ether oxygens (including phenoxy) is 2. The summed E-state index contributed by atoms with van der Waals surface area (Å²) >= 11 is 0. The number of carbonyl (C=O) groups is 3. The van der Waals surface area contributed by atoms with Crippen LogP contribution in [0.15, 0.2) is 35.5 Å². The molecule has 0 aromatic heterocycles. The van der Waals surface area contributed by atoms with Gasteiger partial charge in [-0.2, -0.15) is 5.01 Å². The number of hydrazine groups is 1. The monoisotopic (exact) mass is 331 g/mol. The van der Waals surface area contributed by atoms with Crippen molar-refractivity contribution in [1.29, 1.82) is 0 Å². The Kier molecular flexibility index (Phi) is 3.56.